The zero-order valence-corrected chi connectivity index (χ0v) is 15.6. The van der Waals surface area contributed by atoms with Crippen LogP contribution in [0.15, 0.2) is 33.9 Å². The quantitative estimate of drug-likeness (QED) is 0.762. The molecule has 4 nitrogen and oxygen atoms in total. The van der Waals surface area contributed by atoms with Gasteiger partial charge in [0.15, 0.2) is 5.11 Å². The highest BCUT2D eigenvalue weighted by Crippen LogP contribution is 2.31. The highest BCUT2D eigenvalue weighted by molar-refractivity contribution is 9.10. The van der Waals surface area contributed by atoms with E-state index in [0.29, 0.717) is 35.0 Å². The van der Waals surface area contributed by atoms with Crippen LogP contribution in [0.3, 0.4) is 0 Å². The van der Waals surface area contributed by atoms with Gasteiger partial charge in [-0.15, -0.1) is 0 Å². The molecule has 1 aromatic carbocycles. The molecule has 0 bridgehead atoms. The molecule has 0 radical (unpaired) electrons. The summed E-state index contributed by atoms with van der Waals surface area (Å²) in [6.45, 7) is 6.79. The van der Waals surface area contributed by atoms with E-state index in [2.05, 4.69) is 26.6 Å². The van der Waals surface area contributed by atoms with Gasteiger partial charge in [0.1, 0.15) is 5.82 Å². The molecule has 7 heteroatoms. The van der Waals surface area contributed by atoms with Crippen LogP contribution < -0.4 is 10.6 Å². The lowest BCUT2D eigenvalue weighted by molar-refractivity contribution is -0.127. The van der Waals surface area contributed by atoms with Crippen molar-refractivity contribution in [3.8, 4) is 0 Å². The topological polar surface area (TPSA) is 44.4 Å². The molecule has 0 fully saturated rings. The number of amides is 1. The van der Waals surface area contributed by atoms with E-state index in [-0.39, 0.29) is 11.7 Å². The Kier molecular flexibility index (Phi) is 5.75. The van der Waals surface area contributed by atoms with Crippen molar-refractivity contribution in [2.45, 2.75) is 26.8 Å². The van der Waals surface area contributed by atoms with E-state index in [0.717, 1.165) is 4.47 Å². The number of nitrogens with zero attached hydrogens (tertiary/aromatic N) is 1. The van der Waals surface area contributed by atoms with E-state index < -0.39 is 6.04 Å². The van der Waals surface area contributed by atoms with Gasteiger partial charge in [-0.3, -0.25) is 4.79 Å². The lowest BCUT2D eigenvalue weighted by Gasteiger charge is -2.33. The first-order valence-corrected chi connectivity index (χ1v) is 8.61. The maximum Gasteiger partial charge on any atom is 0.253 e. The van der Waals surface area contributed by atoms with Crippen molar-refractivity contribution in [2.75, 3.05) is 13.1 Å². The third-order valence-electron chi connectivity index (χ3n) is 3.82. The van der Waals surface area contributed by atoms with Gasteiger partial charge in [0.25, 0.3) is 5.91 Å². The number of thiocarbonyl (C=S) groups is 1. The second kappa shape index (κ2) is 7.40. The molecule has 1 unspecified atom stereocenters. The third-order valence-corrected chi connectivity index (χ3v) is 4.53. The van der Waals surface area contributed by atoms with Gasteiger partial charge in [-0.1, -0.05) is 15.9 Å². The van der Waals surface area contributed by atoms with Crippen LogP contribution >= 0.6 is 28.1 Å². The normalized spacial score (nSPS) is 17.6. The third kappa shape index (κ3) is 3.72. The van der Waals surface area contributed by atoms with E-state index >= 15 is 0 Å². The summed E-state index contributed by atoms with van der Waals surface area (Å²) in [6, 6.07) is 4.06. The number of allylic oxidation sites excluding steroid dienone is 1. The number of nitrogens with one attached hydrogen (secondary N) is 2. The number of carbonyl (C=O) groups excluding carboxylic acids is 1. The summed E-state index contributed by atoms with van der Waals surface area (Å²) in [5.74, 6) is -0.507. The minimum atomic E-state index is -0.616. The van der Waals surface area contributed by atoms with E-state index in [9.17, 15) is 9.18 Å². The molecule has 0 saturated heterocycles. The summed E-state index contributed by atoms with van der Waals surface area (Å²) >= 11 is 8.53. The second-order valence-corrected chi connectivity index (χ2v) is 6.54. The van der Waals surface area contributed by atoms with Gasteiger partial charge in [-0.2, -0.15) is 0 Å². The van der Waals surface area contributed by atoms with Crippen LogP contribution in [0, 0.1) is 5.82 Å². The molecule has 23 heavy (non-hydrogen) atoms. The number of halogens is 2. The fourth-order valence-corrected chi connectivity index (χ4v) is 3.28. The number of likely N-dealkylation sites (N-methyl/N-ethyl adjacent to an activating group) is 1. The molecule has 1 aromatic rings. The Labute approximate surface area is 149 Å². The van der Waals surface area contributed by atoms with E-state index in [1.54, 1.807) is 24.0 Å². The van der Waals surface area contributed by atoms with Crippen LogP contribution in [0.2, 0.25) is 0 Å². The fraction of sp³-hybridized carbons (Fsp3) is 0.375. The molecule has 1 aliphatic heterocycles. The molecule has 0 saturated carbocycles. The number of hydrogen-bond acceptors (Lipinski definition) is 2. The second-order valence-electron chi connectivity index (χ2n) is 5.21. The van der Waals surface area contributed by atoms with Gasteiger partial charge in [-0.25, -0.2) is 4.39 Å². The Morgan fingerprint density at radius 3 is 2.65 bits per heavy atom. The largest absolute Gasteiger partial charge is 0.351 e. The average Bonchev–Trinajstić information content (AvgIpc) is 2.50. The lowest BCUT2D eigenvalue weighted by atomic mass is 9.94. The molecule has 0 aromatic heterocycles. The number of benzene rings is 1. The Bertz CT molecular complexity index is 673. The predicted octanol–water partition coefficient (Wildman–Crippen LogP) is 3.25. The van der Waals surface area contributed by atoms with Crippen LogP contribution in [0.4, 0.5) is 4.39 Å². The molecular formula is C16H19BrFN3OS. The fourth-order valence-electron chi connectivity index (χ4n) is 2.63. The van der Waals surface area contributed by atoms with Crippen LogP contribution in [0.5, 0.6) is 0 Å². The minimum Gasteiger partial charge on any atom is -0.351 e. The highest BCUT2D eigenvalue weighted by Gasteiger charge is 2.33. The van der Waals surface area contributed by atoms with Crippen molar-refractivity contribution in [3.05, 3.63) is 45.3 Å². The van der Waals surface area contributed by atoms with Gasteiger partial charge in [0, 0.05) is 28.8 Å². The molecule has 0 aliphatic carbocycles. The van der Waals surface area contributed by atoms with E-state index in [1.165, 1.54) is 6.07 Å². The molecule has 1 amide bonds. The maximum atomic E-state index is 14.3. The van der Waals surface area contributed by atoms with Crippen molar-refractivity contribution in [2.24, 2.45) is 0 Å². The zero-order valence-electron chi connectivity index (χ0n) is 13.2. The molecule has 1 aliphatic rings. The molecule has 124 valence electrons. The highest BCUT2D eigenvalue weighted by atomic mass is 79.9. The Morgan fingerprint density at radius 2 is 2.04 bits per heavy atom. The Hall–Kier alpha value is -1.47. The Morgan fingerprint density at radius 1 is 1.39 bits per heavy atom. The van der Waals surface area contributed by atoms with Crippen molar-refractivity contribution >= 4 is 39.2 Å². The summed E-state index contributed by atoms with van der Waals surface area (Å²) < 4.78 is 15.1. The molecule has 0 spiro atoms. The summed E-state index contributed by atoms with van der Waals surface area (Å²) in [4.78, 5) is 14.6. The predicted molar refractivity (Wildman–Crippen MR) is 96.3 cm³/mol. The Balaban J connectivity index is 2.54. The smallest absolute Gasteiger partial charge is 0.253 e. The molecule has 1 atom stereocenters. The first kappa shape index (κ1) is 17.9. The van der Waals surface area contributed by atoms with Gasteiger partial charge in [0.2, 0.25) is 0 Å². The number of hydrogen-bond donors (Lipinski definition) is 2. The van der Waals surface area contributed by atoms with Crippen LogP contribution in [0.25, 0.3) is 0 Å². The van der Waals surface area contributed by atoms with Crippen LogP contribution in [-0.2, 0) is 4.79 Å². The van der Waals surface area contributed by atoms with Crippen molar-refractivity contribution in [3.63, 3.8) is 0 Å². The summed E-state index contributed by atoms with van der Waals surface area (Å²) in [6.07, 6.45) is 0. The summed E-state index contributed by atoms with van der Waals surface area (Å²) in [5, 5.41) is 6.36. The number of carbonyl (C=O) groups is 1. The van der Waals surface area contributed by atoms with Crippen molar-refractivity contribution < 1.29 is 9.18 Å². The number of rotatable bonds is 4. The molecule has 2 N–H and O–H groups in total. The SMILES string of the molecule is CCN(CC)C(=O)C1=C(C)NC(=S)NC1c1cc(Br)ccc1F. The molecular weight excluding hydrogens is 381 g/mol. The van der Waals surface area contributed by atoms with Crippen molar-refractivity contribution in [1.29, 1.82) is 0 Å². The van der Waals surface area contributed by atoms with Gasteiger partial charge in [-0.05, 0) is 51.2 Å². The van der Waals surface area contributed by atoms with Crippen LogP contribution in [-0.4, -0.2) is 29.0 Å². The minimum absolute atomic E-state index is 0.126. The van der Waals surface area contributed by atoms with E-state index in [4.69, 9.17) is 12.2 Å². The monoisotopic (exact) mass is 399 g/mol. The van der Waals surface area contributed by atoms with Gasteiger partial charge >= 0.3 is 0 Å². The summed E-state index contributed by atoms with van der Waals surface area (Å²) in [7, 11) is 0. The average molecular weight is 400 g/mol. The van der Waals surface area contributed by atoms with Gasteiger partial charge in [0.05, 0.1) is 11.6 Å². The molecule has 2 rings (SSSR count). The maximum absolute atomic E-state index is 14.3. The first-order chi connectivity index (χ1) is 10.9. The van der Waals surface area contributed by atoms with Crippen molar-refractivity contribution in [1.82, 2.24) is 15.5 Å². The van der Waals surface area contributed by atoms with E-state index in [1.807, 2.05) is 13.8 Å². The first-order valence-electron chi connectivity index (χ1n) is 7.41. The lowest BCUT2D eigenvalue weighted by Crippen LogP contribution is -2.47. The van der Waals surface area contributed by atoms with Crippen LogP contribution in [0.1, 0.15) is 32.4 Å². The van der Waals surface area contributed by atoms with Gasteiger partial charge < -0.3 is 15.5 Å². The summed E-state index contributed by atoms with van der Waals surface area (Å²) in [5.41, 5.74) is 1.52. The zero-order chi connectivity index (χ0) is 17.1. The molecule has 1 heterocycles. The standard InChI is InChI=1S/C16H19BrFN3OS/c1-4-21(5-2)15(22)13-9(3)19-16(23)20-14(13)11-8-10(17)6-7-12(11)18/h6-8,14H,4-5H2,1-3H3,(H2,19,20,23).